The molecule has 3 unspecified atom stereocenters. The minimum atomic E-state index is -4.09. The molecule has 1 saturated carbocycles. The average molecular weight is 269 g/mol. The second-order valence-corrected chi connectivity index (χ2v) is 4.59. The third-order valence-electron chi connectivity index (χ3n) is 3.07. The molecule has 1 aliphatic rings. The minimum absolute atomic E-state index is 0.0186. The van der Waals surface area contributed by atoms with Gasteiger partial charge in [-0.15, -0.1) is 0 Å². The van der Waals surface area contributed by atoms with E-state index in [2.05, 4.69) is 5.32 Å². The number of halogens is 3. The third kappa shape index (κ3) is 5.12. The first-order chi connectivity index (χ1) is 8.48. The molecule has 3 atom stereocenters. The first kappa shape index (κ1) is 15.7. The molecular formula is C12H22F3NO2. The Bertz CT molecular complexity index is 236. The lowest BCUT2D eigenvalue weighted by molar-refractivity contribution is -0.159. The quantitative estimate of drug-likeness (QED) is 0.687. The maximum atomic E-state index is 11.9. The van der Waals surface area contributed by atoms with Gasteiger partial charge in [0.1, 0.15) is 0 Å². The first-order valence-electron chi connectivity index (χ1n) is 6.45. The molecule has 0 spiro atoms. The molecule has 3 nitrogen and oxygen atoms in total. The lowest BCUT2D eigenvalue weighted by Crippen LogP contribution is -2.59. The van der Waals surface area contributed by atoms with Crippen LogP contribution in [0.5, 0.6) is 0 Å². The molecule has 0 aromatic rings. The molecule has 1 fully saturated rings. The van der Waals surface area contributed by atoms with Crippen molar-refractivity contribution in [3.63, 3.8) is 0 Å². The summed E-state index contributed by atoms with van der Waals surface area (Å²) in [4.78, 5) is 0. The smallest absolute Gasteiger partial charge is 0.375 e. The summed E-state index contributed by atoms with van der Waals surface area (Å²) in [6.07, 6.45) is -3.22. The SMILES string of the molecule is CCCOC1C(NC)CC1OCCCC(F)(F)F. The Morgan fingerprint density at radius 2 is 1.94 bits per heavy atom. The van der Waals surface area contributed by atoms with E-state index in [1.54, 1.807) is 0 Å². The fourth-order valence-corrected chi connectivity index (χ4v) is 2.01. The van der Waals surface area contributed by atoms with Gasteiger partial charge in [0.15, 0.2) is 0 Å². The van der Waals surface area contributed by atoms with E-state index in [1.807, 2.05) is 14.0 Å². The topological polar surface area (TPSA) is 30.5 Å². The van der Waals surface area contributed by atoms with Crippen LogP contribution in [0, 0.1) is 0 Å². The second kappa shape index (κ2) is 7.31. The molecule has 0 saturated heterocycles. The molecule has 1 rings (SSSR count). The molecule has 0 aromatic carbocycles. The van der Waals surface area contributed by atoms with Gasteiger partial charge < -0.3 is 14.8 Å². The Hall–Kier alpha value is -0.330. The summed E-state index contributed by atoms with van der Waals surface area (Å²) in [6.45, 7) is 2.82. The van der Waals surface area contributed by atoms with Gasteiger partial charge in [0.2, 0.25) is 0 Å². The van der Waals surface area contributed by atoms with Gasteiger partial charge in [-0.25, -0.2) is 0 Å². The van der Waals surface area contributed by atoms with Crippen LogP contribution in [0.2, 0.25) is 0 Å². The van der Waals surface area contributed by atoms with Crippen LogP contribution in [0.1, 0.15) is 32.6 Å². The summed E-state index contributed by atoms with van der Waals surface area (Å²) < 4.78 is 46.9. The Kier molecular flexibility index (Phi) is 6.38. The zero-order valence-electron chi connectivity index (χ0n) is 10.9. The number of hydrogen-bond acceptors (Lipinski definition) is 3. The van der Waals surface area contributed by atoms with Crippen LogP contribution in [0.3, 0.4) is 0 Å². The Labute approximate surface area is 106 Å². The van der Waals surface area contributed by atoms with Crippen LogP contribution in [0.4, 0.5) is 13.2 Å². The summed E-state index contributed by atoms with van der Waals surface area (Å²) >= 11 is 0. The van der Waals surface area contributed by atoms with E-state index < -0.39 is 12.6 Å². The predicted molar refractivity (Wildman–Crippen MR) is 62.5 cm³/mol. The number of likely N-dealkylation sites (N-methyl/N-ethyl adjacent to an activating group) is 1. The van der Waals surface area contributed by atoms with Gasteiger partial charge in [-0.2, -0.15) is 13.2 Å². The molecule has 0 bridgehead atoms. The fraction of sp³-hybridized carbons (Fsp3) is 1.00. The fourth-order valence-electron chi connectivity index (χ4n) is 2.01. The van der Waals surface area contributed by atoms with E-state index in [1.165, 1.54) is 0 Å². The monoisotopic (exact) mass is 269 g/mol. The molecular weight excluding hydrogens is 247 g/mol. The molecule has 0 amide bonds. The summed E-state index contributed by atoms with van der Waals surface area (Å²) in [5, 5.41) is 3.12. The molecule has 1 aliphatic carbocycles. The van der Waals surface area contributed by atoms with Crippen LogP contribution >= 0.6 is 0 Å². The van der Waals surface area contributed by atoms with E-state index in [9.17, 15) is 13.2 Å². The second-order valence-electron chi connectivity index (χ2n) is 4.59. The van der Waals surface area contributed by atoms with E-state index >= 15 is 0 Å². The highest BCUT2D eigenvalue weighted by molar-refractivity contribution is 4.96. The van der Waals surface area contributed by atoms with E-state index in [4.69, 9.17) is 9.47 Å². The lowest BCUT2D eigenvalue weighted by atomic mass is 9.85. The third-order valence-corrected chi connectivity index (χ3v) is 3.07. The van der Waals surface area contributed by atoms with Crippen LogP contribution in [-0.4, -0.2) is 44.7 Å². The number of nitrogens with one attached hydrogen (secondary N) is 1. The molecule has 108 valence electrons. The number of rotatable bonds is 8. The highest BCUT2D eigenvalue weighted by Crippen LogP contribution is 2.28. The molecule has 0 aliphatic heterocycles. The minimum Gasteiger partial charge on any atom is -0.375 e. The predicted octanol–water partition coefficient (Wildman–Crippen LogP) is 2.50. The van der Waals surface area contributed by atoms with Gasteiger partial charge >= 0.3 is 6.18 Å². The summed E-state index contributed by atoms with van der Waals surface area (Å²) in [7, 11) is 1.85. The van der Waals surface area contributed by atoms with Gasteiger partial charge in [0.25, 0.3) is 0 Å². The van der Waals surface area contributed by atoms with Gasteiger partial charge in [0, 0.05) is 25.7 Å². The largest absolute Gasteiger partial charge is 0.389 e. The van der Waals surface area contributed by atoms with Crippen molar-refractivity contribution in [2.24, 2.45) is 0 Å². The molecule has 6 heteroatoms. The molecule has 0 heterocycles. The van der Waals surface area contributed by atoms with E-state index in [0.29, 0.717) is 6.61 Å². The van der Waals surface area contributed by atoms with Crippen LogP contribution < -0.4 is 5.32 Å². The highest BCUT2D eigenvalue weighted by Gasteiger charge is 2.41. The van der Waals surface area contributed by atoms with E-state index in [-0.39, 0.29) is 31.3 Å². The van der Waals surface area contributed by atoms with Crippen LogP contribution in [0.15, 0.2) is 0 Å². The Morgan fingerprint density at radius 3 is 2.50 bits per heavy atom. The van der Waals surface area contributed by atoms with Gasteiger partial charge in [-0.3, -0.25) is 0 Å². The van der Waals surface area contributed by atoms with Crippen molar-refractivity contribution in [1.29, 1.82) is 0 Å². The molecule has 0 radical (unpaired) electrons. The van der Waals surface area contributed by atoms with Crippen molar-refractivity contribution in [2.45, 2.75) is 57.0 Å². The normalized spacial score (nSPS) is 28.2. The van der Waals surface area contributed by atoms with Gasteiger partial charge in [0.05, 0.1) is 12.2 Å². The van der Waals surface area contributed by atoms with Gasteiger partial charge in [-0.05, 0) is 26.3 Å². The van der Waals surface area contributed by atoms with Crippen LogP contribution in [-0.2, 0) is 9.47 Å². The lowest BCUT2D eigenvalue weighted by Gasteiger charge is -2.43. The Balaban J connectivity index is 2.17. The maximum Gasteiger partial charge on any atom is 0.389 e. The zero-order valence-corrected chi connectivity index (χ0v) is 10.9. The molecule has 1 N–H and O–H groups in total. The first-order valence-corrected chi connectivity index (χ1v) is 6.45. The standard InChI is InChI=1S/C12H22F3NO2/c1-3-6-18-11-9(16-2)8-10(11)17-7-4-5-12(13,14)15/h9-11,16H,3-8H2,1-2H3. The van der Waals surface area contributed by atoms with Crippen molar-refractivity contribution in [1.82, 2.24) is 5.32 Å². The number of hydrogen-bond donors (Lipinski definition) is 1. The van der Waals surface area contributed by atoms with Crippen molar-refractivity contribution in [2.75, 3.05) is 20.3 Å². The summed E-state index contributed by atoms with van der Waals surface area (Å²) in [5.41, 5.74) is 0. The number of alkyl halides is 3. The van der Waals surface area contributed by atoms with E-state index in [0.717, 1.165) is 12.8 Å². The van der Waals surface area contributed by atoms with Crippen molar-refractivity contribution in [3.05, 3.63) is 0 Å². The summed E-state index contributed by atoms with van der Waals surface area (Å²) in [5.74, 6) is 0. The summed E-state index contributed by atoms with van der Waals surface area (Å²) in [6, 6.07) is 0.254. The van der Waals surface area contributed by atoms with Crippen molar-refractivity contribution in [3.8, 4) is 0 Å². The number of ether oxygens (including phenoxy) is 2. The Morgan fingerprint density at radius 1 is 1.22 bits per heavy atom. The molecule has 0 aromatic heterocycles. The van der Waals surface area contributed by atoms with Gasteiger partial charge in [-0.1, -0.05) is 6.92 Å². The highest BCUT2D eigenvalue weighted by atomic mass is 19.4. The van der Waals surface area contributed by atoms with Crippen molar-refractivity contribution < 1.29 is 22.6 Å². The van der Waals surface area contributed by atoms with Crippen molar-refractivity contribution >= 4 is 0 Å². The molecule has 18 heavy (non-hydrogen) atoms. The zero-order chi connectivity index (χ0) is 13.6. The average Bonchev–Trinajstić information content (AvgIpc) is 2.26. The van der Waals surface area contributed by atoms with Crippen LogP contribution in [0.25, 0.3) is 0 Å². The maximum absolute atomic E-state index is 11.9.